The molecule has 7 nitrogen and oxygen atoms in total. The molecule has 0 radical (unpaired) electrons. The minimum absolute atomic E-state index is 0.140. The number of rotatable bonds is 9. The topological polar surface area (TPSA) is 84.3 Å². The van der Waals surface area contributed by atoms with Crippen LogP contribution < -0.4 is 9.62 Å². The molecule has 1 aromatic heterocycles. The van der Waals surface area contributed by atoms with Crippen LogP contribution in [0.1, 0.15) is 29.8 Å². The highest BCUT2D eigenvalue weighted by atomic mass is 35.5. The van der Waals surface area contributed by atoms with Gasteiger partial charge in [0.05, 0.1) is 17.6 Å². The fourth-order valence-electron chi connectivity index (χ4n) is 3.52. The van der Waals surface area contributed by atoms with Gasteiger partial charge in [-0.25, -0.2) is 13.4 Å². The summed E-state index contributed by atoms with van der Waals surface area (Å²) in [6.07, 6.45) is 5.36. The molecule has 0 atom stereocenters. The van der Waals surface area contributed by atoms with Gasteiger partial charge in [-0.15, -0.1) is 0 Å². The van der Waals surface area contributed by atoms with Gasteiger partial charge in [-0.05, 0) is 49.6 Å². The minimum atomic E-state index is -3.51. The summed E-state index contributed by atoms with van der Waals surface area (Å²) < 4.78 is 27.9. The van der Waals surface area contributed by atoms with E-state index >= 15 is 0 Å². The van der Waals surface area contributed by atoms with Crippen LogP contribution in [0.2, 0.25) is 5.02 Å². The first-order valence-corrected chi connectivity index (χ1v) is 12.5. The predicted octanol–water partition coefficient (Wildman–Crippen LogP) is 4.01. The van der Waals surface area contributed by atoms with Gasteiger partial charge in [0.2, 0.25) is 15.9 Å². The number of halogens is 1. The fourth-order valence-corrected chi connectivity index (χ4v) is 4.71. The Hall–Kier alpha value is -2.84. The van der Waals surface area contributed by atoms with Crippen LogP contribution in [0, 0.1) is 13.8 Å². The van der Waals surface area contributed by atoms with Gasteiger partial charge in [-0.1, -0.05) is 35.9 Å². The smallest absolute Gasteiger partial charge is 0.232 e. The van der Waals surface area contributed by atoms with E-state index in [-0.39, 0.29) is 18.9 Å². The number of aromatic nitrogens is 2. The SMILES string of the molecule is Cc1c(Cl)cccc1N(CCCC(=O)NCc1ccccc1-n1ccnc1C)S(C)(=O)=O. The number of carbonyl (C=O) groups is 1. The molecule has 0 aliphatic rings. The summed E-state index contributed by atoms with van der Waals surface area (Å²) in [6.45, 7) is 4.26. The molecular weight excluding hydrogens is 448 g/mol. The van der Waals surface area contributed by atoms with E-state index in [1.165, 1.54) is 4.31 Å². The number of anilines is 1. The highest BCUT2D eigenvalue weighted by Crippen LogP contribution is 2.28. The number of hydrogen-bond acceptors (Lipinski definition) is 4. The summed E-state index contributed by atoms with van der Waals surface area (Å²) in [6, 6.07) is 13.0. The van der Waals surface area contributed by atoms with Crippen molar-refractivity contribution in [2.75, 3.05) is 17.1 Å². The second-order valence-electron chi connectivity index (χ2n) is 7.57. The lowest BCUT2D eigenvalue weighted by molar-refractivity contribution is -0.121. The molecule has 0 bridgehead atoms. The van der Waals surface area contributed by atoms with E-state index in [2.05, 4.69) is 10.3 Å². The van der Waals surface area contributed by atoms with Gasteiger partial charge in [-0.2, -0.15) is 0 Å². The maximum atomic E-state index is 12.5. The van der Waals surface area contributed by atoms with E-state index in [0.29, 0.717) is 29.2 Å². The minimum Gasteiger partial charge on any atom is -0.352 e. The number of nitrogens with one attached hydrogen (secondary N) is 1. The Labute approximate surface area is 194 Å². The standard InChI is InChI=1S/C23H27ClN4O3S/c1-17-20(24)9-6-11-21(17)28(32(3,30)31)14-7-12-23(29)26-16-19-8-4-5-10-22(19)27-15-13-25-18(27)2/h4-6,8-11,13,15H,7,12,14,16H2,1-3H3,(H,26,29). The summed E-state index contributed by atoms with van der Waals surface area (Å²) in [5.74, 6) is 0.722. The van der Waals surface area contributed by atoms with Crippen LogP contribution in [-0.4, -0.2) is 36.7 Å². The average molecular weight is 475 g/mol. The van der Waals surface area contributed by atoms with E-state index < -0.39 is 10.0 Å². The van der Waals surface area contributed by atoms with Crippen molar-refractivity contribution in [3.8, 4) is 5.69 Å². The summed E-state index contributed by atoms with van der Waals surface area (Å²) in [5.41, 5.74) is 3.15. The third-order valence-electron chi connectivity index (χ3n) is 5.23. The van der Waals surface area contributed by atoms with Gasteiger partial charge in [0.1, 0.15) is 5.82 Å². The van der Waals surface area contributed by atoms with Crippen molar-refractivity contribution in [2.45, 2.75) is 33.2 Å². The molecule has 0 aliphatic heterocycles. The quantitative estimate of drug-likeness (QED) is 0.508. The van der Waals surface area contributed by atoms with Gasteiger partial charge in [0.15, 0.2) is 0 Å². The number of carbonyl (C=O) groups excluding carboxylic acids is 1. The molecule has 32 heavy (non-hydrogen) atoms. The fraction of sp³-hybridized carbons (Fsp3) is 0.304. The number of benzene rings is 2. The van der Waals surface area contributed by atoms with E-state index in [0.717, 1.165) is 23.3 Å². The Balaban J connectivity index is 1.61. The molecule has 9 heteroatoms. The third kappa shape index (κ3) is 5.69. The van der Waals surface area contributed by atoms with Gasteiger partial charge in [0, 0.05) is 36.9 Å². The first-order valence-electron chi connectivity index (χ1n) is 10.3. The monoisotopic (exact) mass is 474 g/mol. The van der Waals surface area contributed by atoms with Crippen LogP contribution >= 0.6 is 11.6 Å². The second-order valence-corrected chi connectivity index (χ2v) is 9.89. The van der Waals surface area contributed by atoms with Crippen molar-refractivity contribution in [2.24, 2.45) is 0 Å². The molecule has 0 saturated heterocycles. The lowest BCUT2D eigenvalue weighted by atomic mass is 10.1. The first kappa shape index (κ1) is 23.8. The molecule has 3 aromatic rings. The average Bonchev–Trinajstić information content (AvgIpc) is 3.17. The molecule has 3 rings (SSSR count). The molecular formula is C23H27ClN4O3S. The third-order valence-corrected chi connectivity index (χ3v) is 6.82. The summed E-state index contributed by atoms with van der Waals surface area (Å²) in [5, 5.41) is 3.43. The van der Waals surface area contributed by atoms with E-state index in [4.69, 9.17) is 11.6 Å². The van der Waals surface area contributed by atoms with Crippen LogP contribution in [-0.2, 0) is 21.4 Å². The van der Waals surface area contributed by atoms with E-state index in [9.17, 15) is 13.2 Å². The van der Waals surface area contributed by atoms with Crippen molar-refractivity contribution < 1.29 is 13.2 Å². The van der Waals surface area contributed by atoms with Crippen LogP contribution in [0.4, 0.5) is 5.69 Å². The summed E-state index contributed by atoms with van der Waals surface area (Å²) in [7, 11) is -3.51. The number of hydrogen-bond donors (Lipinski definition) is 1. The lowest BCUT2D eigenvalue weighted by Crippen LogP contribution is -2.32. The highest BCUT2D eigenvalue weighted by Gasteiger charge is 2.20. The molecule has 0 saturated carbocycles. The van der Waals surface area contributed by atoms with Gasteiger partial charge >= 0.3 is 0 Å². The van der Waals surface area contributed by atoms with Crippen molar-refractivity contribution in [1.82, 2.24) is 14.9 Å². The second kappa shape index (κ2) is 10.2. The maximum Gasteiger partial charge on any atom is 0.232 e. The number of para-hydroxylation sites is 1. The van der Waals surface area contributed by atoms with E-state index in [1.54, 1.807) is 31.3 Å². The van der Waals surface area contributed by atoms with Crippen molar-refractivity contribution in [1.29, 1.82) is 0 Å². The summed E-state index contributed by atoms with van der Waals surface area (Å²) >= 11 is 6.16. The Morgan fingerprint density at radius 3 is 2.59 bits per heavy atom. The normalized spacial score (nSPS) is 11.4. The number of amides is 1. The molecule has 1 heterocycles. The zero-order valence-electron chi connectivity index (χ0n) is 18.4. The predicted molar refractivity (Wildman–Crippen MR) is 128 cm³/mol. The number of aryl methyl sites for hydroxylation is 1. The van der Waals surface area contributed by atoms with Gasteiger partial charge in [-0.3, -0.25) is 9.10 Å². The molecule has 1 amide bonds. The van der Waals surface area contributed by atoms with Crippen LogP contribution in [0.15, 0.2) is 54.9 Å². The molecule has 170 valence electrons. The zero-order valence-corrected chi connectivity index (χ0v) is 19.9. The van der Waals surface area contributed by atoms with Crippen molar-refractivity contribution >= 4 is 33.2 Å². The van der Waals surface area contributed by atoms with Crippen molar-refractivity contribution in [3.63, 3.8) is 0 Å². The Kier molecular flexibility index (Phi) is 7.58. The Morgan fingerprint density at radius 2 is 1.91 bits per heavy atom. The molecule has 2 aromatic carbocycles. The molecule has 0 fully saturated rings. The zero-order chi connectivity index (χ0) is 23.3. The maximum absolute atomic E-state index is 12.5. The first-order chi connectivity index (χ1) is 15.2. The number of imidazole rings is 1. The van der Waals surface area contributed by atoms with E-state index in [1.807, 2.05) is 42.0 Å². The van der Waals surface area contributed by atoms with Crippen LogP contribution in [0.5, 0.6) is 0 Å². The van der Waals surface area contributed by atoms with Gasteiger partial charge in [0.25, 0.3) is 0 Å². The Morgan fingerprint density at radius 1 is 1.16 bits per heavy atom. The van der Waals surface area contributed by atoms with Crippen LogP contribution in [0.25, 0.3) is 5.69 Å². The van der Waals surface area contributed by atoms with Crippen molar-refractivity contribution in [3.05, 3.63) is 76.8 Å². The molecule has 0 unspecified atom stereocenters. The number of nitrogens with zero attached hydrogens (tertiary/aromatic N) is 3. The lowest BCUT2D eigenvalue weighted by Gasteiger charge is -2.24. The van der Waals surface area contributed by atoms with Gasteiger partial charge < -0.3 is 9.88 Å². The summed E-state index contributed by atoms with van der Waals surface area (Å²) in [4.78, 5) is 16.7. The molecule has 0 aliphatic carbocycles. The number of sulfonamides is 1. The largest absolute Gasteiger partial charge is 0.352 e. The molecule has 0 spiro atoms. The van der Waals surface area contributed by atoms with Crippen LogP contribution in [0.3, 0.4) is 0 Å². The Bertz CT molecular complexity index is 1210. The highest BCUT2D eigenvalue weighted by molar-refractivity contribution is 7.92. The molecule has 1 N–H and O–H groups in total.